The maximum Gasteiger partial charge on any atom is 0.0139 e. The fraction of sp³-hybridized carbons (Fsp3) is 0. The van der Waals surface area contributed by atoms with Crippen LogP contribution < -0.4 is 0 Å². The maximum atomic E-state index is 4.53. The molecule has 3 aromatic carbocycles. The van der Waals surface area contributed by atoms with Crippen molar-refractivity contribution in [3.8, 4) is 11.1 Å². The number of thiol groups is 2. The Morgan fingerprint density at radius 3 is 2.00 bits per heavy atom. The third-order valence-corrected chi connectivity index (χ3v) is 4.61. The summed E-state index contributed by atoms with van der Waals surface area (Å²) < 4.78 is 0. The van der Waals surface area contributed by atoms with Gasteiger partial charge in [-0.25, -0.2) is 0 Å². The van der Waals surface area contributed by atoms with Gasteiger partial charge >= 0.3 is 0 Å². The van der Waals surface area contributed by atoms with Gasteiger partial charge in [0.15, 0.2) is 0 Å². The van der Waals surface area contributed by atoms with Crippen molar-refractivity contribution in [1.29, 1.82) is 0 Å². The van der Waals surface area contributed by atoms with E-state index in [2.05, 4.69) is 79.9 Å². The Kier molecular flexibility index (Phi) is 4.63. The molecule has 3 rings (SSSR count). The number of benzene rings is 3. The second-order valence-electron chi connectivity index (χ2n) is 4.68. The van der Waals surface area contributed by atoms with Gasteiger partial charge in [0.2, 0.25) is 0 Å². The summed E-state index contributed by atoms with van der Waals surface area (Å²) in [6.07, 6.45) is 0. The highest BCUT2D eigenvalue weighted by atomic mass is 32.2. The molecule has 0 saturated carbocycles. The van der Waals surface area contributed by atoms with Gasteiger partial charge in [0.1, 0.15) is 0 Å². The molecule has 0 unspecified atom stereocenters. The minimum absolute atomic E-state index is 0.977. The van der Waals surface area contributed by atoms with Crippen molar-refractivity contribution in [3.05, 3.63) is 72.8 Å². The lowest BCUT2D eigenvalue weighted by atomic mass is 10.1. The lowest BCUT2D eigenvalue weighted by Crippen LogP contribution is -1.81. The first-order valence-electron chi connectivity index (χ1n) is 6.57. The van der Waals surface area contributed by atoms with Crippen LogP contribution in [-0.4, -0.2) is 0 Å². The molecule has 0 saturated heterocycles. The van der Waals surface area contributed by atoms with E-state index in [0.29, 0.717) is 0 Å². The van der Waals surface area contributed by atoms with Crippen molar-refractivity contribution < 1.29 is 0 Å². The first-order chi connectivity index (χ1) is 10.2. The van der Waals surface area contributed by atoms with Crippen molar-refractivity contribution in [2.45, 2.75) is 19.6 Å². The molecule has 0 spiro atoms. The lowest BCUT2D eigenvalue weighted by Gasteiger charge is -2.08. The molecule has 104 valence electrons. The monoisotopic (exact) mass is 326 g/mol. The molecule has 0 nitrogen and oxygen atoms in total. The van der Waals surface area contributed by atoms with Crippen LogP contribution in [0.4, 0.5) is 0 Å². The fourth-order valence-corrected chi connectivity index (χ4v) is 3.52. The van der Waals surface area contributed by atoms with E-state index in [9.17, 15) is 0 Å². The quantitative estimate of drug-likeness (QED) is 0.550. The molecule has 0 amide bonds. The van der Waals surface area contributed by atoms with Gasteiger partial charge in [-0.05, 0) is 53.6 Å². The Bertz CT molecular complexity index is 734. The van der Waals surface area contributed by atoms with Crippen molar-refractivity contribution in [1.82, 2.24) is 0 Å². The molecular weight excluding hydrogens is 312 g/mol. The molecule has 0 heterocycles. The molecule has 0 aromatic heterocycles. The Balaban J connectivity index is 1.93. The van der Waals surface area contributed by atoms with E-state index >= 15 is 0 Å². The molecule has 0 N–H and O–H groups in total. The van der Waals surface area contributed by atoms with Gasteiger partial charge < -0.3 is 0 Å². The van der Waals surface area contributed by atoms with E-state index in [4.69, 9.17) is 0 Å². The van der Waals surface area contributed by atoms with E-state index in [1.807, 2.05) is 18.2 Å². The highest BCUT2D eigenvalue weighted by molar-refractivity contribution is 7.99. The Morgan fingerprint density at radius 2 is 1.29 bits per heavy atom. The van der Waals surface area contributed by atoms with E-state index in [-0.39, 0.29) is 0 Å². The number of rotatable bonds is 3. The maximum absolute atomic E-state index is 4.53. The molecule has 3 heteroatoms. The predicted molar refractivity (Wildman–Crippen MR) is 96.9 cm³/mol. The smallest absolute Gasteiger partial charge is 0.0139 e. The topological polar surface area (TPSA) is 0 Å². The van der Waals surface area contributed by atoms with Gasteiger partial charge in [0, 0.05) is 19.6 Å². The largest absolute Gasteiger partial charge is 0.143 e. The average molecular weight is 327 g/mol. The van der Waals surface area contributed by atoms with Crippen LogP contribution in [0.5, 0.6) is 0 Å². The summed E-state index contributed by atoms with van der Waals surface area (Å²) in [5.41, 5.74) is 2.40. The summed E-state index contributed by atoms with van der Waals surface area (Å²) in [7, 11) is 0. The zero-order chi connectivity index (χ0) is 14.7. The zero-order valence-electron chi connectivity index (χ0n) is 11.2. The summed E-state index contributed by atoms with van der Waals surface area (Å²) in [5, 5.41) is 0. The first kappa shape index (κ1) is 14.6. The predicted octanol–water partition coefficient (Wildman–Crippen LogP) is 6.08. The second kappa shape index (κ2) is 6.65. The lowest BCUT2D eigenvalue weighted by molar-refractivity contribution is 1.31. The first-order valence-corrected chi connectivity index (χ1v) is 8.28. The van der Waals surface area contributed by atoms with Crippen LogP contribution in [0.1, 0.15) is 0 Å². The van der Waals surface area contributed by atoms with Crippen molar-refractivity contribution in [2.24, 2.45) is 0 Å². The number of hydrogen-bond donors (Lipinski definition) is 2. The third-order valence-electron chi connectivity index (χ3n) is 3.07. The minimum Gasteiger partial charge on any atom is -0.143 e. The van der Waals surface area contributed by atoms with Crippen LogP contribution in [0.2, 0.25) is 0 Å². The van der Waals surface area contributed by atoms with Crippen LogP contribution in [0.15, 0.2) is 92.4 Å². The molecule has 0 radical (unpaired) electrons. The second-order valence-corrected chi connectivity index (χ2v) is 6.86. The third kappa shape index (κ3) is 3.88. The molecule has 3 aromatic rings. The number of hydrogen-bond acceptors (Lipinski definition) is 3. The molecule has 0 bridgehead atoms. The minimum atomic E-state index is 0.977. The van der Waals surface area contributed by atoms with Crippen LogP contribution in [0.25, 0.3) is 11.1 Å². The Morgan fingerprint density at radius 1 is 0.571 bits per heavy atom. The Labute approximate surface area is 140 Å². The molecule has 0 fully saturated rings. The highest BCUT2D eigenvalue weighted by Crippen LogP contribution is 2.33. The van der Waals surface area contributed by atoms with Gasteiger partial charge in [-0.2, -0.15) is 0 Å². The van der Waals surface area contributed by atoms with Gasteiger partial charge in [-0.1, -0.05) is 42.1 Å². The fourth-order valence-electron chi connectivity index (χ4n) is 2.09. The Hall–Kier alpha value is -1.29. The van der Waals surface area contributed by atoms with Crippen molar-refractivity contribution >= 4 is 37.0 Å². The zero-order valence-corrected chi connectivity index (χ0v) is 13.8. The van der Waals surface area contributed by atoms with Crippen LogP contribution in [0, 0.1) is 0 Å². The van der Waals surface area contributed by atoms with Gasteiger partial charge in [-0.15, -0.1) is 25.3 Å². The SMILES string of the molecule is Sc1ccc(Sc2cc(S)cc(-c3ccccc3)c2)cc1. The average Bonchev–Trinajstić information content (AvgIpc) is 2.50. The highest BCUT2D eigenvalue weighted by Gasteiger charge is 2.03. The normalized spacial score (nSPS) is 10.6. The van der Waals surface area contributed by atoms with Gasteiger partial charge in [0.05, 0.1) is 0 Å². The van der Waals surface area contributed by atoms with E-state index < -0.39 is 0 Å². The summed E-state index contributed by atoms with van der Waals surface area (Å²) in [4.78, 5) is 4.34. The van der Waals surface area contributed by atoms with Gasteiger partial charge in [0.25, 0.3) is 0 Å². The summed E-state index contributed by atoms with van der Waals surface area (Å²) >= 11 is 10.6. The molecule has 0 aliphatic rings. The molecular formula is C18H14S3. The standard InChI is InChI=1S/C18H14S3/c19-15-6-8-17(9-7-15)21-18-11-14(10-16(20)12-18)13-4-2-1-3-5-13/h1-12,19-20H. The molecule has 0 aliphatic heterocycles. The van der Waals surface area contributed by atoms with Crippen LogP contribution >= 0.6 is 37.0 Å². The van der Waals surface area contributed by atoms with Crippen LogP contribution in [-0.2, 0) is 0 Å². The molecule has 0 atom stereocenters. The van der Waals surface area contributed by atoms with Crippen LogP contribution in [0.3, 0.4) is 0 Å². The summed E-state index contributed by atoms with van der Waals surface area (Å²) in [5.74, 6) is 0. The van der Waals surface area contributed by atoms with E-state index in [1.54, 1.807) is 11.8 Å². The van der Waals surface area contributed by atoms with E-state index in [0.717, 1.165) is 9.79 Å². The van der Waals surface area contributed by atoms with Crippen molar-refractivity contribution in [2.75, 3.05) is 0 Å². The molecule has 0 aliphatic carbocycles. The van der Waals surface area contributed by atoms with Crippen molar-refractivity contribution in [3.63, 3.8) is 0 Å². The van der Waals surface area contributed by atoms with E-state index in [1.165, 1.54) is 20.9 Å². The molecule has 21 heavy (non-hydrogen) atoms. The van der Waals surface area contributed by atoms with Gasteiger partial charge in [-0.3, -0.25) is 0 Å². The summed E-state index contributed by atoms with van der Waals surface area (Å²) in [6, 6.07) is 24.9. The summed E-state index contributed by atoms with van der Waals surface area (Å²) in [6.45, 7) is 0.